The third-order valence-electron chi connectivity index (χ3n) is 6.56. The molecule has 0 aliphatic rings. The topological polar surface area (TPSA) is 72.3 Å². The maximum Gasteiger partial charge on any atom is 0.266 e. The minimum absolute atomic E-state index is 0.224. The Balaban J connectivity index is 1.96. The minimum Gasteiger partial charge on any atom is -0.268 e. The molecule has 0 saturated heterocycles. The second-order valence-electron chi connectivity index (χ2n) is 9.34. The molecule has 0 saturated carbocycles. The quantitative estimate of drug-likeness (QED) is 0.381. The van der Waals surface area contributed by atoms with Gasteiger partial charge in [-0.15, -0.1) is 0 Å². The predicted octanol–water partition coefficient (Wildman–Crippen LogP) is 5.31. The van der Waals surface area contributed by atoms with Crippen LogP contribution in [0.5, 0.6) is 0 Å². The molecule has 3 aromatic carbocycles. The lowest BCUT2D eigenvalue weighted by molar-refractivity contribution is 0.378. The Morgan fingerprint density at radius 2 is 1.46 bits per heavy atom. The van der Waals surface area contributed by atoms with Crippen LogP contribution in [0, 0.1) is 34.6 Å². The molecule has 35 heavy (non-hydrogen) atoms. The molecule has 0 bridgehead atoms. The van der Waals surface area contributed by atoms with E-state index in [0.717, 1.165) is 16.7 Å². The number of fused-ring (bicyclic) bond motifs is 1. The van der Waals surface area contributed by atoms with Crippen LogP contribution in [-0.4, -0.2) is 29.3 Å². The Morgan fingerprint density at radius 1 is 0.857 bits per heavy atom. The normalized spacial score (nSPS) is 12.9. The van der Waals surface area contributed by atoms with Crippen molar-refractivity contribution in [2.75, 3.05) is 7.05 Å². The van der Waals surface area contributed by atoms with Gasteiger partial charge in [0.1, 0.15) is 5.82 Å². The highest BCUT2D eigenvalue weighted by atomic mass is 32.2. The van der Waals surface area contributed by atoms with E-state index >= 15 is 0 Å². The van der Waals surface area contributed by atoms with Gasteiger partial charge in [0.15, 0.2) is 0 Å². The molecule has 1 unspecified atom stereocenters. The van der Waals surface area contributed by atoms with Gasteiger partial charge in [0.2, 0.25) is 10.0 Å². The van der Waals surface area contributed by atoms with E-state index in [0.29, 0.717) is 38.4 Å². The summed E-state index contributed by atoms with van der Waals surface area (Å²) in [7, 11) is -2.32. The summed E-state index contributed by atoms with van der Waals surface area (Å²) in [5, 5.41) is 0.485. The number of aromatic nitrogens is 2. The molecule has 0 aliphatic carbocycles. The number of nitrogens with zero attached hydrogens (tertiary/aromatic N) is 3. The first-order chi connectivity index (χ1) is 16.4. The first-order valence-electron chi connectivity index (χ1n) is 11.6. The first-order valence-corrected chi connectivity index (χ1v) is 13.0. The van der Waals surface area contributed by atoms with Crippen molar-refractivity contribution in [1.82, 2.24) is 13.9 Å². The minimum atomic E-state index is -3.87. The van der Waals surface area contributed by atoms with Crippen LogP contribution in [0.2, 0.25) is 0 Å². The molecule has 4 aromatic rings. The van der Waals surface area contributed by atoms with Gasteiger partial charge in [-0.2, -0.15) is 4.31 Å². The standard InChI is InChI=1S/C28H31N3O3S/c1-17-12-13-25(19(3)14-17)31-27(29-24-11-9-8-10-23(24)28(31)32)22(6)30(7)35(33,34)26-20(4)15-18(2)16-21(26)5/h8-16,22H,1-7H3. The molecule has 0 amide bonds. The zero-order valence-corrected chi connectivity index (χ0v) is 22.1. The van der Waals surface area contributed by atoms with E-state index in [2.05, 4.69) is 0 Å². The van der Waals surface area contributed by atoms with Crippen LogP contribution >= 0.6 is 0 Å². The molecule has 182 valence electrons. The predicted molar refractivity (Wildman–Crippen MR) is 141 cm³/mol. The number of rotatable bonds is 5. The summed E-state index contributed by atoms with van der Waals surface area (Å²) in [6.45, 7) is 11.3. The van der Waals surface area contributed by atoms with Gasteiger partial charge in [0.05, 0.1) is 27.5 Å². The van der Waals surface area contributed by atoms with Crippen LogP contribution in [0.1, 0.15) is 46.6 Å². The fourth-order valence-corrected chi connectivity index (χ4v) is 6.54. The summed E-state index contributed by atoms with van der Waals surface area (Å²) >= 11 is 0. The molecule has 0 aliphatic heterocycles. The molecule has 1 atom stereocenters. The molecule has 0 N–H and O–H groups in total. The molecular formula is C28H31N3O3S. The van der Waals surface area contributed by atoms with Gasteiger partial charge in [-0.3, -0.25) is 9.36 Å². The van der Waals surface area contributed by atoms with Crippen molar-refractivity contribution in [3.05, 3.63) is 98.6 Å². The third-order valence-corrected chi connectivity index (χ3v) is 8.79. The van der Waals surface area contributed by atoms with Crippen LogP contribution in [0.4, 0.5) is 0 Å². The number of sulfonamides is 1. The van der Waals surface area contributed by atoms with Crippen molar-refractivity contribution >= 4 is 20.9 Å². The van der Waals surface area contributed by atoms with Crippen LogP contribution < -0.4 is 5.56 Å². The summed E-state index contributed by atoms with van der Waals surface area (Å²) < 4.78 is 30.5. The maximum atomic E-state index is 13.8. The van der Waals surface area contributed by atoms with E-state index in [1.54, 1.807) is 36.7 Å². The number of benzene rings is 3. The Kier molecular flexibility index (Phi) is 6.42. The molecule has 1 aromatic heterocycles. The molecule has 1 heterocycles. The number of aryl methyl sites for hydroxylation is 5. The fourth-order valence-electron chi connectivity index (χ4n) is 4.81. The van der Waals surface area contributed by atoms with E-state index in [1.165, 1.54) is 4.31 Å². The van der Waals surface area contributed by atoms with Crippen molar-refractivity contribution in [2.24, 2.45) is 0 Å². The summed E-state index contributed by atoms with van der Waals surface area (Å²) in [5.74, 6) is 0.370. The Bertz CT molecular complexity index is 1600. The number of para-hydroxylation sites is 1. The van der Waals surface area contributed by atoms with Gasteiger partial charge >= 0.3 is 0 Å². The third kappa shape index (κ3) is 4.30. The largest absolute Gasteiger partial charge is 0.268 e. The number of hydrogen-bond donors (Lipinski definition) is 0. The lowest BCUT2D eigenvalue weighted by Gasteiger charge is -2.28. The van der Waals surface area contributed by atoms with Crippen LogP contribution in [0.15, 0.2) is 64.3 Å². The Morgan fingerprint density at radius 3 is 2.09 bits per heavy atom. The van der Waals surface area contributed by atoms with E-state index in [4.69, 9.17) is 4.98 Å². The molecule has 6 nitrogen and oxygen atoms in total. The number of hydrogen-bond acceptors (Lipinski definition) is 4. The Hall–Kier alpha value is -3.29. The van der Waals surface area contributed by atoms with Crippen molar-refractivity contribution in [2.45, 2.75) is 52.5 Å². The van der Waals surface area contributed by atoms with Crippen LogP contribution in [0.25, 0.3) is 16.6 Å². The Labute approximate surface area is 206 Å². The average Bonchev–Trinajstić information content (AvgIpc) is 2.78. The van der Waals surface area contributed by atoms with Gasteiger partial charge in [-0.05, 0) is 76.4 Å². The van der Waals surface area contributed by atoms with E-state index in [-0.39, 0.29) is 5.56 Å². The smallest absolute Gasteiger partial charge is 0.266 e. The van der Waals surface area contributed by atoms with Crippen LogP contribution in [-0.2, 0) is 10.0 Å². The first kappa shape index (κ1) is 24.8. The van der Waals surface area contributed by atoms with Gasteiger partial charge in [-0.25, -0.2) is 13.4 Å². The van der Waals surface area contributed by atoms with E-state index < -0.39 is 16.1 Å². The monoisotopic (exact) mass is 489 g/mol. The zero-order valence-electron chi connectivity index (χ0n) is 21.2. The average molecular weight is 490 g/mol. The summed E-state index contributed by atoms with van der Waals surface area (Å²) in [6, 6.07) is 16.0. The maximum absolute atomic E-state index is 13.8. The SMILES string of the molecule is Cc1ccc(-n2c(C(C)N(C)S(=O)(=O)c3c(C)cc(C)cc3C)nc3ccccc3c2=O)c(C)c1. The summed E-state index contributed by atoms with van der Waals surface area (Å²) in [4.78, 5) is 18.8. The molecule has 7 heteroatoms. The van der Waals surface area contributed by atoms with E-state index in [1.807, 2.05) is 71.0 Å². The lowest BCUT2D eigenvalue weighted by atomic mass is 10.1. The highest BCUT2D eigenvalue weighted by Gasteiger charge is 2.32. The molecule has 4 rings (SSSR count). The van der Waals surface area contributed by atoms with E-state index in [9.17, 15) is 13.2 Å². The second-order valence-corrected chi connectivity index (χ2v) is 11.3. The highest BCUT2D eigenvalue weighted by Crippen LogP contribution is 2.31. The van der Waals surface area contributed by atoms with Crippen molar-refractivity contribution in [1.29, 1.82) is 0 Å². The molecule has 0 radical (unpaired) electrons. The molecule has 0 spiro atoms. The summed E-state index contributed by atoms with van der Waals surface area (Å²) in [5.41, 5.74) is 5.39. The highest BCUT2D eigenvalue weighted by molar-refractivity contribution is 7.89. The molecular weight excluding hydrogens is 458 g/mol. The van der Waals surface area contributed by atoms with Gasteiger partial charge in [0, 0.05) is 7.05 Å². The van der Waals surface area contributed by atoms with Crippen molar-refractivity contribution in [3.63, 3.8) is 0 Å². The van der Waals surface area contributed by atoms with Gasteiger partial charge in [0.25, 0.3) is 5.56 Å². The molecule has 0 fully saturated rings. The van der Waals surface area contributed by atoms with Crippen molar-refractivity contribution < 1.29 is 8.42 Å². The fraction of sp³-hybridized carbons (Fsp3) is 0.286. The zero-order chi connectivity index (χ0) is 25.7. The van der Waals surface area contributed by atoms with Gasteiger partial charge in [-0.1, -0.05) is 47.5 Å². The van der Waals surface area contributed by atoms with Gasteiger partial charge < -0.3 is 0 Å². The second kappa shape index (κ2) is 9.06. The summed E-state index contributed by atoms with van der Waals surface area (Å²) in [6.07, 6.45) is 0. The van der Waals surface area contributed by atoms with Crippen LogP contribution in [0.3, 0.4) is 0 Å². The van der Waals surface area contributed by atoms with Crippen molar-refractivity contribution in [3.8, 4) is 5.69 Å². The lowest BCUT2D eigenvalue weighted by Crippen LogP contribution is -2.35.